The predicted octanol–water partition coefficient (Wildman–Crippen LogP) is 5.90. The Hall–Kier alpha value is -4.60. The van der Waals surface area contributed by atoms with Gasteiger partial charge in [0.2, 0.25) is 0 Å². The average Bonchev–Trinajstić information content (AvgIpc) is 3.67. The molecule has 0 saturated heterocycles. The number of aromatic nitrogens is 4. The number of fused-ring (bicyclic) bond motifs is 8. The van der Waals surface area contributed by atoms with Crippen LogP contribution in [0, 0.1) is 13.8 Å². The molecule has 2 aliphatic heterocycles. The van der Waals surface area contributed by atoms with Gasteiger partial charge in [-0.25, -0.2) is 9.97 Å². The Kier molecular flexibility index (Phi) is 10.5. The molecule has 0 aromatic carbocycles. The summed E-state index contributed by atoms with van der Waals surface area (Å²) in [6.45, 7) is 10.5. The number of hydrogen-bond acceptors (Lipinski definition) is 8. The molecule has 11 heteroatoms. The van der Waals surface area contributed by atoms with Gasteiger partial charge in [0.1, 0.15) is 0 Å². The Morgan fingerprint density at radius 3 is 1.77 bits per heavy atom. The van der Waals surface area contributed by atoms with Gasteiger partial charge >= 0.3 is 29.0 Å². The number of Topliss-reactive ketones (excluding diaryl/α,β-unsaturated/α-hetero) is 2. The molecule has 0 fully saturated rings. The summed E-state index contributed by atoms with van der Waals surface area (Å²) in [6.07, 6.45) is 1.07. The fourth-order valence-corrected chi connectivity index (χ4v) is 6.14. The minimum Gasteiger partial charge on any atom is -0.657 e. The summed E-state index contributed by atoms with van der Waals surface area (Å²) < 4.78 is 9.82. The zero-order chi connectivity index (χ0) is 33.4. The second-order valence-electron chi connectivity index (χ2n) is 11.6. The summed E-state index contributed by atoms with van der Waals surface area (Å²) in [5.41, 5.74) is 10.2. The molecule has 0 N–H and O–H groups in total. The number of carbonyl (C=O) groups excluding carboxylic acids is 4. The Morgan fingerprint density at radius 1 is 0.638 bits per heavy atom. The Bertz CT molecular complexity index is 2060. The third-order valence-corrected chi connectivity index (χ3v) is 8.70. The number of esters is 2. The van der Waals surface area contributed by atoms with Crippen LogP contribution in [0.15, 0.2) is 24.3 Å². The Balaban J connectivity index is 0.00000500. The summed E-state index contributed by atoms with van der Waals surface area (Å²) in [5.74, 6) is -0.976. The van der Waals surface area contributed by atoms with Crippen LogP contribution in [0.5, 0.6) is 0 Å². The molecule has 2 aliphatic rings. The van der Waals surface area contributed by atoms with Gasteiger partial charge in [0.05, 0.1) is 37.0 Å². The van der Waals surface area contributed by atoms with Crippen molar-refractivity contribution in [3.05, 3.63) is 69.3 Å². The number of allylic oxidation sites excluding steroid dienone is 4. The van der Waals surface area contributed by atoms with Gasteiger partial charge < -0.3 is 19.4 Å². The number of rotatable bonds is 8. The SMILES string of the molecule is COC(=O)CCC1=C(C)c2cc3[n-]c(cc4nc(cc5[n-]c(cc1n2)c(CCC(=O)OC)c5C)C(C(C)=O)=C4C)c(C(C)=O)c3C.[Fe+2]. The van der Waals surface area contributed by atoms with E-state index in [4.69, 9.17) is 29.4 Å². The van der Waals surface area contributed by atoms with Gasteiger partial charge in [-0.1, -0.05) is 41.0 Å². The molecule has 3 aromatic heterocycles. The Morgan fingerprint density at radius 2 is 1.15 bits per heavy atom. The van der Waals surface area contributed by atoms with Crippen molar-refractivity contribution in [3.8, 4) is 0 Å². The van der Waals surface area contributed by atoms with Crippen molar-refractivity contribution in [2.24, 2.45) is 0 Å². The predicted molar refractivity (Wildman–Crippen MR) is 176 cm³/mol. The van der Waals surface area contributed by atoms with Crippen molar-refractivity contribution >= 4 is 67.9 Å². The summed E-state index contributed by atoms with van der Waals surface area (Å²) in [7, 11) is 2.71. The van der Waals surface area contributed by atoms with Crippen LogP contribution < -0.4 is 9.97 Å². The van der Waals surface area contributed by atoms with Crippen LogP contribution in [0.1, 0.15) is 96.8 Å². The van der Waals surface area contributed by atoms with E-state index in [9.17, 15) is 19.2 Å². The van der Waals surface area contributed by atoms with Crippen LogP contribution in [-0.4, -0.2) is 47.7 Å². The van der Waals surface area contributed by atoms with E-state index >= 15 is 0 Å². The third kappa shape index (κ3) is 6.77. The second-order valence-corrected chi connectivity index (χ2v) is 11.6. The molecular weight excluding hydrogens is 640 g/mol. The van der Waals surface area contributed by atoms with Crippen LogP contribution in [-0.2, 0) is 47.3 Å². The van der Waals surface area contributed by atoms with E-state index in [2.05, 4.69) is 0 Å². The van der Waals surface area contributed by atoms with Crippen LogP contribution in [0.4, 0.5) is 0 Å². The van der Waals surface area contributed by atoms with Crippen LogP contribution in [0.2, 0.25) is 0 Å². The molecule has 244 valence electrons. The van der Waals surface area contributed by atoms with Crippen molar-refractivity contribution in [2.45, 2.75) is 67.2 Å². The molecule has 0 unspecified atom stereocenters. The number of hydrogen-bond donors (Lipinski definition) is 0. The van der Waals surface area contributed by atoms with E-state index in [0.29, 0.717) is 80.0 Å². The van der Waals surface area contributed by atoms with E-state index in [1.54, 1.807) is 12.1 Å². The number of methoxy groups -OCH3 is 2. The minimum atomic E-state index is -0.345. The normalized spacial score (nSPS) is 12.6. The zero-order valence-corrected chi connectivity index (χ0v) is 28.8. The standard InChI is InChI=1S/C36H37N4O6.Fe/c1-17-23(9-11-33(43)45-7)29-16-30-24(10-12-34(44)46-8)18(2)26(38-30)14-31-36(22(6)42)20(4)28(40-31)15-32-35(21(5)41)19(3)27(39-32)13-25(17)37-29;/h13-16H,9-12H2,1-8H3,(H-,37,38,39,40,41,42);/q-1;+2/p-1. The first-order chi connectivity index (χ1) is 21.8. The molecule has 10 nitrogen and oxygen atoms in total. The molecule has 8 bridgehead atoms. The topological polar surface area (TPSA) is 141 Å². The van der Waals surface area contributed by atoms with Crippen molar-refractivity contribution in [2.75, 3.05) is 14.2 Å². The van der Waals surface area contributed by atoms with Gasteiger partial charge in [-0.3, -0.25) is 19.2 Å². The molecule has 0 aliphatic carbocycles. The van der Waals surface area contributed by atoms with E-state index in [1.165, 1.54) is 28.1 Å². The summed E-state index contributed by atoms with van der Waals surface area (Å²) >= 11 is 0. The quantitative estimate of drug-likeness (QED) is 0.161. The first-order valence-electron chi connectivity index (χ1n) is 15.1. The largest absolute Gasteiger partial charge is 2.00 e. The molecule has 0 spiro atoms. The van der Waals surface area contributed by atoms with Crippen molar-refractivity contribution in [3.63, 3.8) is 0 Å². The number of ether oxygens (including phenoxy) is 2. The fraction of sp³-hybridized carbons (Fsp3) is 0.333. The number of aryl methyl sites for hydroxylation is 3. The monoisotopic (exact) mass is 676 g/mol. The summed E-state index contributed by atoms with van der Waals surface area (Å²) in [4.78, 5) is 69.7. The molecular formula is C36H36FeN4O6. The van der Waals surface area contributed by atoms with Crippen molar-refractivity contribution < 1.29 is 45.7 Å². The number of carbonyl (C=O) groups is 4. The summed E-state index contributed by atoms with van der Waals surface area (Å²) in [5, 5.41) is 0. The Labute approximate surface area is 283 Å². The minimum absolute atomic E-state index is 0. The first-order valence-corrected chi connectivity index (χ1v) is 15.1. The van der Waals surface area contributed by atoms with Crippen LogP contribution in [0.3, 0.4) is 0 Å². The van der Waals surface area contributed by atoms with Gasteiger partial charge in [0.15, 0.2) is 11.6 Å². The maximum absolute atomic E-state index is 12.9. The van der Waals surface area contributed by atoms with Gasteiger partial charge in [-0.2, -0.15) is 0 Å². The molecule has 0 atom stereocenters. The van der Waals surface area contributed by atoms with E-state index in [0.717, 1.165) is 22.3 Å². The maximum atomic E-state index is 12.9. The second kappa shape index (κ2) is 14.0. The molecule has 5 heterocycles. The molecule has 0 amide bonds. The molecule has 0 radical (unpaired) electrons. The molecule has 0 saturated carbocycles. The van der Waals surface area contributed by atoms with Gasteiger partial charge in [-0.15, -0.1) is 22.1 Å². The average molecular weight is 677 g/mol. The van der Waals surface area contributed by atoms with E-state index < -0.39 is 0 Å². The summed E-state index contributed by atoms with van der Waals surface area (Å²) in [6, 6.07) is 7.24. The number of nitrogens with zero attached hydrogens (tertiary/aromatic N) is 4. The smallest absolute Gasteiger partial charge is 0.657 e. The van der Waals surface area contributed by atoms with Crippen LogP contribution >= 0.6 is 0 Å². The van der Waals surface area contributed by atoms with Gasteiger partial charge in [0, 0.05) is 24.0 Å². The van der Waals surface area contributed by atoms with Gasteiger partial charge in [0.25, 0.3) is 0 Å². The molecule has 5 rings (SSSR count). The van der Waals surface area contributed by atoms with Gasteiger partial charge in [-0.05, 0) is 71.1 Å². The van der Waals surface area contributed by atoms with Crippen molar-refractivity contribution in [1.82, 2.24) is 19.9 Å². The number of ketones is 2. The molecule has 3 aromatic rings. The van der Waals surface area contributed by atoms with Crippen molar-refractivity contribution in [1.29, 1.82) is 0 Å². The van der Waals surface area contributed by atoms with E-state index in [-0.39, 0.29) is 53.4 Å². The maximum Gasteiger partial charge on any atom is 2.00 e. The first kappa shape index (κ1) is 35.3. The zero-order valence-electron chi connectivity index (χ0n) is 27.7. The molecule has 47 heavy (non-hydrogen) atoms. The van der Waals surface area contributed by atoms with E-state index in [1.807, 2.05) is 39.8 Å². The van der Waals surface area contributed by atoms with Crippen LogP contribution in [0.25, 0.3) is 44.4 Å². The fourth-order valence-electron chi connectivity index (χ4n) is 6.14. The third-order valence-electron chi connectivity index (χ3n) is 8.70.